The standard InChI is InChI=1S/C15H17N3O2/c1-18(13-6-9-17-10-7-13)15(19)8-11-20-14-4-2-12(16)3-5-14/h2-7,9-10H,8,11,16H2,1H3. The molecule has 0 fully saturated rings. The van der Waals surface area contributed by atoms with Crippen LogP contribution in [0.5, 0.6) is 5.75 Å². The fourth-order valence-electron chi connectivity index (χ4n) is 1.70. The molecule has 1 amide bonds. The summed E-state index contributed by atoms with van der Waals surface area (Å²) in [4.78, 5) is 17.5. The van der Waals surface area contributed by atoms with E-state index in [1.165, 1.54) is 0 Å². The molecule has 104 valence electrons. The van der Waals surface area contributed by atoms with E-state index in [-0.39, 0.29) is 5.91 Å². The number of benzene rings is 1. The number of aromatic nitrogens is 1. The van der Waals surface area contributed by atoms with Gasteiger partial charge in [0.05, 0.1) is 13.0 Å². The van der Waals surface area contributed by atoms with Crippen molar-refractivity contribution in [1.29, 1.82) is 0 Å². The van der Waals surface area contributed by atoms with E-state index in [1.807, 2.05) is 0 Å². The number of pyridine rings is 1. The van der Waals surface area contributed by atoms with E-state index < -0.39 is 0 Å². The van der Waals surface area contributed by atoms with E-state index >= 15 is 0 Å². The Hall–Kier alpha value is -2.56. The van der Waals surface area contributed by atoms with Gasteiger partial charge in [-0.3, -0.25) is 9.78 Å². The second-order valence-corrected chi connectivity index (χ2v) is 4.33. The van der Waals surface area contributed by atoms with Gasteiger partial charge in [-0.2, -0.15) is 0 Å². The lowest BCUT2D eigenvalue weighted by Crippen LogP contribution is -2.27. The Morgan fingerprint density at radius 3 is 2.50 bits per heavy atom. The largest absolute Gasteiger partial charge is 0.493 e. The lowest BCUT2D eigenvalue weighted by atomic mass is 10.3. The molecule has 0 saturated carbocycles. The first-order valence-corrected chi connectivity index (χ1v) is 6.32. The normalized spacial score (nSPS) is 10.1. The molecule has 2 aromatic rings. The van der Waals surface area contributed by atoms with Crippen LogP contribution in [0, 0.1) is 0 Å². The Morgan fingerprint density at radius 2 is 1.85 bits per heavy atom. The summed E-state index contributed by atoms with van der Waals surface area (Å²) in [5.74, 6) is 0.699. The first kappa shape index (κ1) is 13.9. The summed E-state index contributed by atoms with van der Waals surface area (Å²) in [6.07, 6.45) is 3.62. The molecule has 0 aliphatic carbocycles. The molecule has 0 spiro atoms. The van der Waals surface area contributed by atoms with Gasteiger partial charge in [-0.25, -0.2) is 0 Å². The molecule has 5 heteroatoms. The second kappa shape index (κ2) is 6.56. The zero-order chi connectivity index (χ0) is 14.4. The molecule has 0 unspecified atom stereocenters. The third kappa shape index (κ3) is 3.71. The summed E-state index contributed by atoms with van der Waals surface area (Å²) >= 11 is 0. The Balaban J connectivity index is 1.82. The third-order valence-electron chi connectivity index (χ3n) is 2.89. The molecule has 0 radical (unpaired) electrons. The molecule has 0 saturated heterocycles. The Labute approximate surface area is 118 Å². The lowest BCUT2D eigenvalue weighted by molar-refractivity contribution is -0.118. The van der Waals surface area contributed by atoms with Crippen molar-refractivity contribution in [3.05, 3.63) is 48.8 Å². The monoisotopic (exact) mass is 271 g/mol. The number of hydrogen-bond donors (Lipinski definition) is 1. The highest BCUT2D eigenvalue weighted by Crippen LogP contribution is 2.14. The number of anilines is 2. The van der Waals surface area contributed by atoms with Gasteiger partial charge in [0, 0.05) is 30.8 Å². The van der Waals surface area contributed by atoms with Gasteiger partial charge in [-0.15, -0.1) is 0 Å². The fraction of sp³-hybridized carbons (Fsp3) is 0.200. The molecule has 0 atom stereocenters. The van der Waals surface area contributed by atoms with Crippen LogP contribution >= 0.6 is 0 Å². The number of hydrogen-bond acceptors (Lipinski definition) is 4. The van der Waals surface area contributed by atoms with Gasteiger partial charge in [-0.1, -0.05) is 0 Å². The predicted octanol–water partition coefficient (Wildman–Crippen LogP) is 2.10. The van der Waals surface area contributed by atoms with Crippen LogP contribution in [0.1, 0.15) is 6.42 Å². The van der Waals surface area contributed by atoms with Crippen molar-refractivity contribution in [2.75, 3.05) is 24.3 Å². The minimum absolute atomic E-state index is 0.00774. The highest BCUT2D eigenvalue weighted by atomic mass is 16.5. The van der Waals surface area contributed by atoms with Gasteiger partial charge in [0.1, 0.15) is 5.75 Å². The number of ether oxygens (including phenoxy) is 1. The molecular formula is C15H17N3O2. The maximum atomic E-state index is 12.0. The Bertz CT molecular complexity index is 555. The average Bonchev–Trinajstić information content (AvgIpc) is 2.49. The van der Waals surface area contributed by atoms with E-state index in [1.54, 1.807) is 60.7 Å². The summed E-state index contributed by atoms with van der Waals surface area (Å²) in [5.41, 5.74) is 7.09. The smallest absolute Gasteiger partial charge is 0.230 e. The number of amides is 1. The van der Waals surface area contributed by atoms with E-state index in [0.717, 1.165) is 5.69 Å². The van der Waals surface area contributed by atoms with Crippen LogP contribution in [-0.4, -0.2) is 24.5 Å². The van der Waals surface area contributed by atoms with Gasteiger partial charge in [-0.05, 0) is 36.4 Å². The molecule has 0 bridgehead atoms. The molecule has 1 aromatic heterocycles. The van der Waals surface area contributed by atoms with Crippen LogP contribution in [0.4, 0.5) is 11.4 Å². The van der Waals surface area contributed by atoms with E-state index in [2.05, 4.69) is 4.98 Å². The number of nitrogens with zero attached hydrogens (tertiary/aromatic N) is 2. The van der Waals surface area contributed by atoms with Crippen molar-refractivity contribution >= 4 is 17.3 Å². The summed E-state index contributed by atoms with van der Waals surface area (Å²) in [6, 6.07) is 10.7. The van der Waals surface area contributed by atoms with Crippen molar-refractivity contribution in [3.8, 4) is 5.75 Å². The van der Waals surface area contributed by atoms with E-state index in [0.29, 0.717) is 24.5 Å². The van der Waals surface area contributed by atoms with E-state index in [4.69, 9.17) is 10.5 Å². The van der Waals surface area contributed by atoms with Crippen LogP contribution < -0.4 is 15.4 Å². The minimum atomic E-state index is -0.00774. The average molecular weight is 271 g/mol. The number of carbonyl (C=O) groups is 1. The summed E-state index contributed by atoms with van der Waals surface area (Å²) in [5, 5.41) is 0. The highest BCUT2D eigenvalue weighted by Gasteiger charge is 2.10. The number of nitrogen functional groups attached to an aromatic ring is 1. The quantitative estimate of drug-likeness (QED) is 0.845. The van der Waals surface area contributed by atoms with Crippen molar-refractivity contribution < 1.29 is 9.53 Å². The van der Waals surface area contributed by atoms with Crippen LogP contribution in [0.15, 0.2) is 48.8 Å². The first-order chi connectivity index (χ1) is 9.66. The van der Waals surface area contributed by atoms with Crippen LogP contribution in [-0.2, 0) is 4.79 Å². The van der Waals surface area contributed by atoms with Crippen molar-refractivity contribution in [3.63, 3.8) is 0 Å². The van der Waals surface area contributed by atoms with E-state index in [9.17, 15) is 4.79 Å². The maximum Gasteiger partial charge on any atom is 0.230 e. The number of rotatable bonds is 5. The van der Waals surface area contributed by atoms with Crippen LogP contribution in [0.2, 0.25) is 0 Å². The van der Waals surface area contributed by atoms with Crippen molar-refractivity contribution in [2.24, 2.45) is 0 Å². The molecule has 0 aliphatic heterocycles. The zero-order valence-corrected chi connectivity index (χ0v) is 11.3. The molecule has 1 aromatic carbocycles. The molecular weight excluding hydrogens is 254 g/mol. The second-order valence-electron chi connectivity index (χ2n) is 4.33. The van der Waals surface area contributed by atoms with Gasteiger partial charge in [0.25, 0.3) is 0 Å². The van der Waals surface area contributed by atoms with Crippen molar-refractivity contribution in [2.45, 2.75) is 6.42 Å². The molecule has 1 heterocycles. The number of nitrogens with two attached hydrogens (primary N) is 1. The van der Waals surface area contributed by atoms with Gasteiger partial charge < -0.3 is 15.4 Å². The van der Waals surface area contributed by atoms with Crippen LogP contribution in [0.25, 0.3) is 0 Å². The fourth-order valence-corrected chi connectivity index (χ4v) is 1.70. The minimum Gasteiger partial charge on any atom is -0.493 e. The van der Waals surface area contributed by atoms with Crippen LogP contribution in [0.3, 0.4) is 0 Å². The molecule has 2 N–H and O–H groups in total. The molecule has 20 heavy (non-hydrogen) atoms. The molecule has 2 rings (SSSR count). The SMILES string of the molecule is CN(C(=O)CCOc1ccc(N)cc1)c1ccncc1. The Kier molecular flexibility index (Phi) is 4.55. The first-order valence-electron chi connectivity index (χ1n) is 6.32. The van der Waals surface area contributed by atoms with Gasteiger partial charge in [0.15, 0.2) is 0 Å². The summed E-state index contributed by atoms with van der Waals surface area (Å²) in [6.45, 7) is 0.332. The molecule has 5 nitrogen and oxygen atoms in total. The predicted molar refractivity (Wildman–Crippen MR) is 78.6 cm³/mol. The maximum absolute atomic E-state index is 12.0. The topological polar surface area (TPSA) is 68.5 Å². The Morgan fingerprint density at radius 1 is 1.20 bits per heavy atom. The summed E-state index contributed by atoms with van der Waals surface area (Å²) < 4.78 is 5.50. The van der Waals surface area contributed by atoms with Crippen molar-refractivity contribution in [1.82, 2.24) is 4.98 Å². The summed E-state index contributed by atoms with van der Waals surface area (Å²) in [7, 11) is 1.74. The lowest BCUT2D eigenvalue weighted by Gasteiger charge is -2.17. The van der Waals surface area contributed by atoms with Gasteiger partial charge in [0.2, 0.25) is 5.91 Å². The zero-order valence-electron chi connectivity index (χ0n) is 11.3. The number of carbonyl (C=O) groups excluding carboxylic acids is 1. The third-order valence-corrected chi connectivity index (χ3v) is 2.89. The highest BCUT2D eigenvalue weighted by molar-refractivity contribution is 5.92. The van der Waals surface area contributed by atoms with Gasteiger partial charge >= 0.3 is 0 Å². The molecule has 0 aliphatic rings.